The summed E-state index contributed by atoms with van der Waals surface area (Å²) in [5.74, 6) is 1.21. The fourth-order valence-corrected chi connectivity index (χ4v) is 9.61. The molecule has 0 atom stereocenters. The average Bonchev–Trinajstić information content (AvgIpc) is 2.19. The molecule has 0 aromatic rings. The Morgan fingerprint density at radius 3 is 3.25 bits per heavy atom. The van der Waals surface area contributed by atoms with Crippen molar-refractivity contribution in [3.63, 3.8) is 0 Å². The molecule has 5 heteroatoms. The molecule has 0 saturated carbocycles. The molecule has 0 amide bonds. The van der Waals surface area contributed by atoms with E-state index in [9.17, 15) is 0 Å². The molecule has 0 spiro atoms. The average molecular weight is 372 g/mol. The third-order valence-electron chi connectivity index (χ3n) is 0.653. The predicted molar refractivity (Wildman–Crippen MR) is 46.4 cm³/mol. The van der Waals surface area contributed by atoms with Crippen molar-refractivity contribution in [2.75, 3.05) is 12.3 Å². The fourth-order valence-electron chi connectivity index (χ4n) is 0.387. The van der Waals surface area contributed by atoms with Crippen LogP contribution in [0.4, 0.5) is 0 Å². The predicted octanol–water partition coefficient (Wildman–Crippen LogP) is -0.824. The second kappa shape index (κ2) is 4.62. The van der Waals surface area contributed by atoms with Crippen LogP contribution < -0.4 is 15.8 Å². The van der Waals surface area contributed by atoms with Crippen LogP contribution in [0, 0.1) is 0 Å². The van der Waals surface area contributed by atoms with Crippen LogP contribution in [0.1, 0.15) is 0 Å². The molecule has 0 aromatic carbocycles. The van der Waals surface area contributed by atoms with Crippen molar-refractivity contribution in [2.45, 2.75) is 0 Å². The quantitative estimate of drug-likeness (QED) is 0.558. The van der Waals surface area contributed by atoms with E-state index >= 15 is 0 Å². The fraction of sp³-hybridized carbons (Fsp3) is 0.667. The van der Waals surface area contributed by atoms with Crippen LogP contribution in [0.2, 0.25) is 0 Å². The Labute approximate surface area is 75.7 Å². The summed E-state index contributed by atoms with van der Waals surface area (Å²) in [5.41, 5.74) is 0. The van der Waals surface area contributed by atoms with Crippen LogP contribution in [-0.4, -0.2) is 16.7 Å². The molecule has 48 valence electrons. The molecule has 0 radical (unpaired) electrons. The van der Waals surface area contributed by atoms with Gasteiger partial charge in [-0.05, 0) is 0 Å². The summed E-state index contributed by atoms with van der Waals surface area (Å²) in [6.45, 7) is 1.05. The van der Waals surface area contributed by atoms with Gasteiger partial charge in [0.1, 0.15) is 0 Å². The molecule has 1 aliphatic rings. The maximum absolute atomic E-state index is 4.29. The molecular weight excluding hydrogens is 368 g/mol. The molecule has 0 aromatic heterocycles. The number of halogens is 2. The zero-order valence-electron chi connectivity index (χ0n) is 3.93. The number of rotatable bonds is 1. The van der Waals surface area contributed by atoms with Crippen molar-refractivity contribution in [2.24, 2.45) is 4.99 Å². The Hall–Kier alpha value is 1.83. The van der Waals surface area contributed by atoms with Gasteiger partial charge in [-0.25, -0.2) is 0 Å². The van der Waals surface area contributed by atoms with E-state index in [-0.39, 0.29) is 0 Å². The summed E-state index contributed by atoms with van der Waals surface area (Å²) in [7, 11) is 1.95. The van der Waals surface area contributed by atoms with Gasteiger partial charge in [0.25, 0.3) is 0 Å². The van der Waals surface area contributed by atoms with Crippen molar-refractivity contribution in [3.8, 4) is 0 Å². The molecule has 1 aliphatic heterocycles. The zero-order valence-corrected chi connectivity index (χ0v) is 9.88. The van der Waals surface area contributed by atoms with Crippen LogP contribution in [0.3, 0.4) is 0 Å². The zero-order chi connectivity index (χ0) is 5.82. The molecule has 0 N–H and O–H groups in total. The van der Waals surface area contributed by atoms with E-state index in [4.69, 9.17) is 0 Å². The number of hydrogen-bond acceptors (Lipinski definition) is 3. The third-order valence-corrected chi connectivity index (χ3v) is 8.34. The Balaban J connectivity index is 2.23. The van der Waals surface area contributed by atoms with Gasteiger partial charge in [0.05, 0.1) is 0 Å². The summed E-state index contributed by atoms with van der Waals surface area (Å²) in [6, 6.07) is 0. The van der Waals surface area contributed by atoms with E-state index in [1.165, 1.54) is 10.1 Å². The van der Waals surface area contributed by atoms with Gasteiger partial charge in [-0.2, -0.15) is 0 Å². The molecule has 0 fully saturated rings. The van der Waals surface area contributed by atoms with Gasteiger partial charge in [0.2, 0.25) is 0 Å². The van der Waals surface area contributed by atoms with Gasteiger partial charge in [-0.15, -0.1) is 0 Å². The van der Waals surface area contributed by atoms with E-state index in [1.54, 1.807) is 0 Å². The van der Waals surface area contributed by atoms with Gasteiger partial charge in [-0.3, -0.25) is 0 Å². The number of thioether (sulfide) groups is 1. The van der Waals surface area contributed by atoms with E-state index in [0.717, 1.165) is 6.54 Å². The topological polar surface area (TPSA) is 12.4 Å². The minimum atomic E-state index is 0.329. The first kappa shape index (κ1) is 7.93. The molecule has 0 aliphatic carbocycles. The van der Waals surface area contributed by atoms with Crippen molar-refractivity contribution in [3.05, 3.63) is 0 Å². The van der Waals surface area contributed by atoms with Crippen molar-refractivity contribution in [1.82, 2.24) is 0 Å². The molecule has 8 heavy (non-hydrogen) atoms. The Morgan fingerprint density at radius 1 is 1.88 bits per heavy atom. The minimum absolute atomic E-state index is 0.329. The summed E-state index contributed by atoms with van der Waals surface area (Å²) >= 11 is 4.69. The van der Waals surface area contributed by atoms with Gasteiger partial charge in [-0.1, -0.05) is 0 Å². The molecule has 1 rings (SSSR count). The van der Waals surface area contributed by atoms with Crippen LogP contribution in [0.15, 0.2) is 4.99 Å². The van der Waals surface area contributed by atoms with Crippen LogP contribution in [0.25, 0.3) is 0 Å². The van der Waals surface area contributed by atoms with Crippen LogP contribution in [-0.2, 0) is 0 Å². The molecular formula is C3H4I2NS2-. The van der Waals surface area contributed by atoms with E-state index < -0.39 is 0 Å². The Morgan fingerprint density at radius 2 is 2.75 bits per heavy atom. The molecule has 0 bridgehead atoms. The van der Waals surface area contributed by atoms with Gasteiger partial charge in [0.15, 0.2) is 0 Å². The van der Waals surface area contributed by atoms with Crippen molar-refractivity contribution >= 4 is 43.7 Å². The first-order chi connectivity index (χ1) is 3.93. The molecule has 0 saturated heterocycles. The Kier molecular flexibility index (Phi) is 4.58. The molecule has 1 heterocycles. The van der Waals surface area contributed by atoms with Crippen LogP contribution in [0.5, 0.6) is 0 Å². The van der Waals surface area contributed by atoms with Gasteiger partial charge in [0, 0.05) is 0 Å². The van der Waals surface area contributed by atoms with Crippen molar-refractivity contribution < 1.29 is 15.8 Å². The summed E-state index contributed by atoms with van der Waals surface area (Å²) in [5, 5.41) is 0. The second-order valence-electron chi connectivity index (χ2n) is 1.13. The first-order valence-electron chi connectivity index (χ1n) is 2.03. The standard InChI is InChI=1S/C3H4I2NS2/c4-5-8-3-6-1-2-7-3/h1-2H2/q-1. The van der Waals surface area contributed by atoms with Gasteiger partial charge >= 0.3 is 76.8 Å². The molecule has 0 unspecified atom stereocenters. The normalized spacial score (nSPS) is 19.4. The van der Waals surface area contributed by atoms with E-state index in [2.05, 4.69) is 23.6 Å². The van der Waals surface area contributed by atoms with E-state index in [0.29, 0.717) is 15.8 Å². The number of nitrogens with zero attached hydrogens (tertiary/aromatic N) is 1. The summed E-state index contributed by atoms with van der Waals surface area (Å²) < 4.78 is 1.33. The van der Waals surface area contributed by atoms with Crippen LogP contribution >= 0.6 is 39.3 Å². The SMILES string of the molecule is I[I-]SC1=NCCS1. The monoisotopic (exact) mass is 372 g/mol. The summed E-state index contributed by atoms with van der Waals surface area (Å²) in [6.07, 6.45) is 0. The maximum atomic E-state index is 4.29. The number of aliphatic imine (C=N–C) groups is 1. The number of hydrogen-bond donors (Lipinski definition) is 0. The van der Waals surface area contributed by atoms with Gasteiger partial charge < -0.3 is 0 Å². The van der Waals surface area contributed by atoms with Crippen molar-refractivity contribution in [1.29, 1.82) is 0 Å². The Bertz CT molecular complexity index is 105. The van der Waals surface area contributed by atoms with E-state index in [1.807, 2.05) is 20.7 Å². The molecule has 1 nitrogen and oxygen atoms in total. The third kappa shape index (κ3) is 2.61. The first-order valence-corrected chi connectivity index (χ1v) is 12.7. The second-order valence-corrected chi connectivity index (χ2v) is 12.2. The summed E-state index contributed by atoms with van der Waals surface area (Å²) in [4.78, 5) is 4.29.